The van der Waals surface area contributed by atoms with Gasteiger partial charge in [0.25, 0.3) is 0 Å². The van der Waals surface area contributed by atoms with Crippen LogP contribution in [0.3, 0.4) is 0 Å². The van der Waals surface area contributed by atoms with Crippen LogP contribution in [0.2, 0.25) is 0 Å². The summed E-state index contributed by atoms with van der Waals surface area (Å²) in [5.41, 5.74) is 0.532. The molecule has 0 aliphatic carbocycles. The average Bonchev–Trinajstić information content (AvgIpc) is 2.43. The van der Waals surface area contributed by atoms with Gasteiger partial charge in [0.2, 0.25) is 0 Å². The number of carbonyl (C=O) groups excluding carboxylic acids is 1. The molecule has 2 aromatic rings. The van der Waals surface area contributed by atoms with Crippen LogP contribution in [-0.4, -0.2) is 12.6 Å². The third-order valence-corrected chi connectivity index (χ3v) is 2.73. The molecule has 0 saturated carbocycles. The summed E-state index contributed by atoms with van der Waals surface area (Å²) in [6, 6.07) is 13.2. The minimum atomic E-state index is -0.442. The molecule has 0 aliphatic rings. The van der Waals surface area contributed by atoms with Gasteiger partial charge in [-0.3, -0.25) is 4.89 Å². The van der Waals surface area contributed by atoms with Gasteiger partial charge in [-0.1, -0.05) is 49.7 Å². The Kier molecular flexibility index (Phi) is 4.31. The predicted octanol–water partition coefficient (Wildman–Crippen LogP) is 3.73. The number of rotatable bonds is 5. The van der Waals surface area contributed by atoms with E-state index >= 15 is 0 Å². The van der Waals surface area contributed by atoms with E-state index in [0.29, 0.717) is 12.2 Å². The fourth-order valence-corrected chi connectivity index (χ4v) is 1.75. The molecule has 0 heterocycles. The Balaban J connectivity index is 2.13. The van der Waals surface area contributed by atoms with E-state index < -0.39 is 5.97 Å². The summed E-state index contributed by atoms with van der Waals surface area (Å²) in [5, 5.41) is 1.89. The van der Waals surface area contributed by atoms with E-state index in [-0.39, 0.29) is 0 Å². The van der Waals surface area contributed by atoms with Gasteiger partial charge in [0, 0.05) is 0 Å². The molecule has 3 heteroatoms. The van der Waals surface area contributed by atoms with Crippen molar-refractivity contribution in [1.82, 2.24) is 0 Å². The highest BCUT2D eigenvalue weighted by Crippen LogP contribution is 2.19. The van der Waals surface area contributed by atoms with Crippen LogP contribution in [-0.2, 0) is 9.78 Å². The molecule has 0 fully saturated rings. The van der Waals surface area contributed by atoms with Gasteiger partial charge in [-0.2, -0.15) is 4.89 Å². The summed E-state index contributed by atoms with van der Waals surface area (Å²) in [6.45, 7) is 2.49. The quantitative estimate of drug-likeness (QED) is 0.456. The lowest BCUT2D eigenvalue weighted by molar-refractivity contribution is -0.241. The maximum absolute atomic E-state index is 11.9. The number of fused-ring (bicyclic) bond motifs is 1. The highest BCUT2D eigenvalue weighted by atomic mass is 17.2. The van der Waals surface area contributed by atoms with E-state index in [1.165, 1.54) is 0 Å². The van der Waals surface area contributed by atoms with Gasteiger partial charge in [-0.15, -0.1) is 0 Å². The first-order chi connectivity index (χ1) is 8.83. The standard InChI is InChI=1S/C15H16O3/c1-2-3-11-17-18-15(16)14-10-6-8-12-7-4-5-9-13(12)14/h4-10H,2-3,11H2,1H3. The van der Waals surface area contributed by atoms with E-state index in [2.05, 4.69) is 6.92 Å². The minimum absolute atomic E-state index is 0.438. The first-order valence-electron chi connectivity index (χ1n) is 6.14. The van der Waals surface area contributed by atoms with Crippen molar-refractivity contribution in [3.05, 3.63) is 48.0 Å². The zero-order valence-corrected chi connectivity index (χ0v) is 10.4. The summed E-state index contributed by atoms with van der Waals surface area (Å²) < 4.78 is 0. The van der Waals surface area contributed by atoms with Crippen molar-refractivity contribution in [2.24, 2.45) is 0 Å². The first-order valence-corrected chi connectivity index (χ1v) is 6.14. The van der Waals surface area contributed by atoms with Gasteiger partial charge in [0.1, 0.15) is 0 Å². The largest absolute Gasteiger partial charge is 0.373 e. The molecule has 0 spiro atoms. The van der Waals surface area contributed by atoms with Gasteiger partial charge >= 0.3 is 5.97 Å². The predicted molar refractivity (Wildman–Crippen MR) is 70.2 cm³/mol. The van der Waals surface area contributed by atoms with E-state index in [9.17, 15) is 4.79 Å². The van der Waals surface area contributed by atoms with Crippen molar-refractivity contribution in [3.63, 3.8) is 0 Å². The molecule has 0 aromatic heterocycles. The van der Waals surface area contributed by atoms with Crippen molar-refractivity contribution in [2.75, 3.05) is 6.61 Å². The molecule has 0 bridgehead atoms. The van der Waals surface area contributed by atoms with E-state index in [1.54, 1.807) is 6.07 Å². The third-order valence-electron chi connectivity index (χ3n) is 2.73. The van der Waals surface area contributed by atoms with Crippen molar-refractivity contribution >= 4 is 16.7 Å². The fraction of sp³-hybridized carbons (Fsp3) is 0.267. The Labute approximate surface area is 106 Å². The molecule has 3 nitrogen and oxygen atoms in total. The van der Waals surface area contributed by atoms with Crippen LogP contribution >= 0.6 is 0 Å². The summed E-state index contributed by atoms with van der Waals surface area (Å²) in [5.74, 6) is -0.442. The summed E-state index contributed by atoms with van der Waals surface area (Å²) >= 11 is 0. The van der Waals surface area contributed by atoms with E-state index in [4.69, 9.17) is 9.78 Å². The molecule has 0 saturated heterocycles. The second-order valence-corrected chi connectivity index (χ2v) is 4.07. The van der Waals surface area contributed by atoms with Crippen LogP contribution in [0, 0.1) is 0 Å². The molecule has 2 aromatic carbocycles. The van der Waals surface area contributed by atoms with Crippen LogP contribution in [0.4, 0.5) is 0 Å². The zero-order valence-electron chi connectivity index (χ0n) is 10.4. The molecular formula is C15H16O3. The number of hydrogen-bond acceptors (Lipinski definition) is 3. The Bertz CT molecular complexity index is 529. The SMILES string of the molecule is CCCCOOC(=O)c1cccc2ccccc12. The lowest BCUT2D eigenvalue weighted by atomic mass is 10.1. The highest BCUT2D eigenvalue weighted by molar-refractivity contribution is 6.04. The Hall–Kier alpha value is -1.87. The zero-order chi connectivity index (χ0) is 12.8. The average molecular weight is 244 g/mol. The molecule has 18 heavy (non-hydrogen) atoms. The van der Waals surface area contributed by atoms with Gasteiger partial charge in [0.05, 0.1) is 12.2 Å². The molecule has 0 aliphatic heterocycles. The van der Waals surface area contributed by atoms with Crippen LogP contribution in [0.25, 0.3) is 10.8 Å². The monoisotopic (exact) mass is 244 g/mol. The Morgan fingerprint density at radius 2 is 1.89 bits per heavy atom. The van der Waals surface area contributed by atoms with Gasteiger partial charge in [-0.25, -0.2) is 4.79 Å². The van der Waals surface area contributed by atoms with Gasteiger partial charge < -0.3 is 0 Å². The molecule has 0 unspecified atom stereocenters. The van der Waals surface area contributed by atoms with Gasteiger partial charge in [-0.05, 0) is 23.3 Å². The molecule has 94 valence electrons. The molecule has 0 atom stereocenters. The number of carbonyl (C=O) groups is 1. The molecular weight excluding hydrogens is 228 g/mol. The summed E-state index contributed by atoms with van der Waals surface area (Å²) in [4.78, 5) is 21.6. The van der Waals surface area contributed by atoms with Crippen molar-refractivity contribution < 1.29 is 14.6 Å². The smallest absolute Gasteiger partial charge is 0.293 e. The van der Waals surface area contributed by atoms with Gasteiger partial charge in [0.15, 0.2) is 0 Å². The third kappa shape index (κ3) is 2.87. The lowest BCUT2D eigenvalue weighted by Gasteiger charge is -2.06. The van der Waals surface area contributed by atoms with E-state index in [0.717, 1.165) is 23.6 Å². The van der Waals surface area contributed by atoms with Crippen molar-refractivity contribution in [3.8, 4) is 0 Å². The van der Waals surface area contributed by atoms with Crippen molar-refractivity contribution in [1.29, 1.82) is 0 Å². The van der Waals surface area contributed by atoms with Crippen LogP contribution in [0.15, 0.2) is 42.5 Å². The number of benzene rings is 2. The Morgan fingerprint density at radius 3 is 2.72 bits per heavy atom. The lowest BCUT2D eigenvalue weighted by Crippen LogP contribution is -2.07. The van der Waals surface area contributed by atoms with Crippen LogP contribution in [0.5, 0.6) is 0 Å². The second-order valence-electron chi connectivity index (χ2n) is 4.07. The van der Waals surface area contributed by atoms with Crippen LogP contribution in [0.1, 0.15) is 30.1 Å². The van der Waals surface area contributed by atoms with Crippen LogP contribution < -0.4 is 0 Å². The minimum Gasteiger partial charge on any atom is -0.293 e. The number of hydrogen-bond donors (Lipinski definition) is 0. The second kappa shape index (κ2) is 6.17. The van der Waals surface area contributed by atoms with E-state index in [1.807, 2.05) is 36.4 Å². The highest BCUT2D eigenvalue weighted by Gasteiger charge is 2.11. The maximum atomic E-state index is 11.9. The Morgan fingerprint density at radius 1 is 1.11 bits per heavy atom. The molecule has 0 amide bonds. The normalized spacial score (nSPS) is 10.5. The molecule has 0 N–H and O–H groups in total. The molecule has 2 rings (SSSR count). The number of unbranched alkanes of at least 4 members (excludes halogenated alkanes) is 1. The topological polar surface area (TPSA) is 35.5 Å². The molecule has 0 radical (unpaired) electrons. The summed E-state index contributed by atoms with van der Waals surface area (Å²) in [7, 11) is 0. The van der Waals surface area contributed by atoms with Crippen molar-refractivity contribution in [2.45, 2.75) is 19.8 Å². The fourth-order valence-electron chi connectivity index (χ4n) is 1.75. The summed E-state index contributed by atoms with van der Waals surface area (Å²) in [6.07, 6.45) is 1.88. The first kappa shape index (κ1) is 12.6. The maximum Gasteiger partial charge on any atom is 0.373 e.